The minimum Gasteiger partial charge on any atom is -0.506 e. The van der Waals surface area contributed by atoms with E-state index in [9.17, 15) is 24.3 Å². The van der Waals surface area contributed by atoms with Crippen molar-refractivity contribution < 1.29 is 29.0 Å². The number of hydrogen-bond acceptors (Lipinski definition) is 10. The van der Waals surface area contributed by atoms with E-state index in [4.69, 9.17) is 4.74 Å². The number of benzene rings is 3. The van der Waals surface area contributed by atoms with Crippen molar-refractivity contribution in [3.63, 3.8) is 0 Å². The van der Waals surface area contributed by atoms with E-state index < -0.39 is 0 Å². The molecule has 3 aromatic carbocycles. The number of pyridine rings is 2. The summed E-state index contributed by atoms with van der Waals surface area (Å²) < 4.78 is 5.81. The molecule has 326 valence electrons. The Morgan fingerprint density at radius 3 is 1.49 bits per heavy atom. The number of aromatic hydroxyl groups is 1. The number of likely N-dealkylation sites (tertiary alicyclic amines) is 2. The summed E-state index contributed by atoms with van der Waals surface area (Å²) in [7, 11) is 0. The molecule has 4 saturated heterocycles. The maximum absolute atomic E-state index is 13.1. The summed E-state index contributed by atoms with van der Waals surface area (Å²) in [5.74, 6) is 2.17. The zero-order valence-electron chi connectivity index (χ0n) is 35.9. The van der Waals surface area contributed by atoms with E-state index in [1.54, 1.807) is 28.1 Å². The van der Waals surface area contributed by atoms with Crippen molar-refractivity contribution in [3.8, 4) is 11.5 Å². The molecule has 2 unspecified atom stereocenters. The molecule has 2 aromatic heterocycles. The summed E-state index contributed by atoms with van der Waals surface area (Å²) in [5, 5.41) is 9.37. The van der Waals surface area contributed by atoms with Gasteiger partial charge in [0, 0.05) is 52.4 Å². The van der Waals surface area contributed by atoms with Gasteiger partial charge in [-0.2, -0.15) is 0 Å². The highest BCUT2D eigenvalue weighted by molar-refractivity contribution is 5.92. The lowest BCUT2D eigenvalue weighted by Crippen LogP contribution is -2.56. The third kappa shape index (κ3) is 10.4. The van der Waals surface area contributed by atoms with E-state index in [1.165, 1.54) is 17.3 Å². The SMILES string of the molecule is Cc1ccc(CN2CCC(N3CCN(c4ccc(O)cn4)CC3=O)C2=O)cc1.Cc1ccc(CN2CCC(N3CCN(c4ccc(OCc5ccccc5)cn4)CC3=O)C2=O)cc1. The third-order valence-corrected chi connectivity index (χ3v) is 12.1. The number of carbonyl (C=O) groups is 4. The molecule has 4 aliphatic heterocycles. The molecular formula is C49H54N8O6. The van der Waals surface area contributed by atoms with Gasteiger partial charge in [0.05, 0.1) is 25.5 Å². The summed E-state index contributed by atoms with van der Waals surface area (Å²) in [5.41, 5.74) is 5.71. The molecule has 14 heteroatoms. The summed E-state index contributed by atoms with van der Waals surface area (Å²) in [6, 6.07) is 32.7. The van der Waals surface area contributed by atoms with Crippen molar-refractivity contribution in [1.82, 2.24) is 29.6 Å². The first-order valence-electron chi connectivity index (χ1n) is 21.6. The molecule has 5 aromatic rings. The minimum absolute atomic E-state index is 0.0296. The van der Waals surface area contributed by atoms with Gasteiger partial charge in [-0.15, -0.1) is 0 Å². The molecule has 9 rings (SSSR count). The number of amides is 4. The number of rotatable bonds is 11. The van der Waals surface area contributed by atoms with Crippen LogP contribution in [0, 0.1) is 13.8 Å². The normalized spacial score (nSPS) is 19.1. The second-order valence-corrected chi connectivity index (χ2v) is 16.6. The van der Waals surface area contributed by atoms with Crippen molar-refractivity contribution in [2.45, 2.75) is 58.5 Å². The molecule has 2 atom stereocenters. The van der Waals surface area contributed by atoms with Crippen molar-refractivity contribution in [2.75, 3.05) is 62.2 Å². The molecule has 0 bridgehead atoms. The van der Waals surface area contributed by atoms with Gasteiger partial charge in [0.15, 0.2) is 0 Å². The second-order valence-electron chi connectivity index (χ2n) is 16.6. The van der Waals surface area contributed by atoms with Crippen LogP contribution in [-0.2, 0) is 38.9 Å². The summed E-state index contributed by atoms with van der Waals surface area (Å²) in [4.78, 5) is 71.4. The summed E-state index contributed by atoms with van der Waals surface area (Å²) in [6.45, 7) is 9.78. The first kappa shape index (κ1) is 42.7. The monoisotopic (exact) mass is 850 g/mol. The Morgan fingerprint density at radius 2 is 1.05 bits per heavy atom. The van der Waals surface area contributed by atoms with Gasteiger partial charge in [-0.25, -0.2) is 9.97 Å². The number of aryl methyl sites for hydroxylation is 2. The topological polar surface area (TPSA) is 143 Å². The van der Waals surface area contributed by atoms with Crippen LogP contribution in [0.3, 0.4) is 0 Å². The maximum Gasteiger partial charge on any atom is 0.245 e. The molecule has 0 saturated carbocycles. The van der Waals surface area contributed by atoms with E-state index >= 15 is 0 Å². The van der Waals surface area contributed by atoms with Crippen LogP contribution in [-0.4, -0.2) is 123 Å². The zero-order chi connectivity index (χ0) is 43.9. The third-order valence-electron chi connectivity index (χ3n) is 12.1. The Morgan fingerprint density at radius 1 is 0.556 bits per heavy atom. The Labute approximate surface area is 368 Å². The number of ether oxygens (including phenoxy) is 1. The number of hydrogen-bond donors (Lipinski definition) is 1. The van der Waals surface area contributed by atoms with Crippen LogP contribution in [0.5, 0.6) is 11.5 Å². The maximum atomic E-state index is 13.1. The van der Waals surface area contributed by atoms with E-state index in [2.05, 4.69) is 41.2 Å². The largest absolute Gasteiger partial charge is 0.506 e. The van der Waals surface area contributed by atoms with E-state index in [-0.39, 0.29) is 54.6 Å². The highest BCUT2D eigenvalue weighted by Gasteiger charge is 2.41. The van der Waals surface area contributed by atoms with Crippen LogP contribution >= 0.6 is 0 Å². The highest BCUT2D eigenvalue weighted by Crippen LogP contribution is 2.26. The molecule has 1 N–H and O–H groups in total. The molecule has 4 amide bonds. The predicted molar refractivity (Wildman–Crippen MR) is 239 cm³/mol. The molecule has 6 heterocycles. The van der Waals surface area contributed by atoms with Crippen LogP contribution in [0.1, 0.15) is 40.7 Å². The number of nitrogens with zero attached hydrogens (tertiary/aromatic N) is 8. The quantitative estimate of drug-likeness (QED) is 0.194. The van der Waals surface area contributed by atoms with E-state index in [1.807, 2.05) is 93.3 Å². The zero-order valence-corrected chi connectivity index (χ0v) is 35.9. The minimum atomic E-state index is -0.368. The summed E-state index contributed by atoms with van der Waals surface area (Å²) in [6.07, 6.45) is 4.42. The Bertz CT molecular complexity index is 2360. The van der Waals surface area contributed by atoms with Crippen LogP contribution < -0.4 is 14.5 Å². The molecule has 4 fully saturated rings. The fraction of sp³-hybridized carbons (Fsp3) is 0.347. The van der Waals surface area contributed by atoms with Crippen molar-refractivity contribution >= 4 is 35.3 Å². The van der Waals surface area contributed by atoms with E-state index in [0.29, 0.717) is 83.4 Å². The van der Waals surface area contributed by atoms with Crippen LogP contribution in [0.25, 0.3) is 0 Å². The molecule has 14 nitrogen and oxygen atoms in total. The first-order chi connectivity index (χ1) is 30.6. The van der Waals surface area contributed by atoms with Gasteiger partial charge < -0.3 is 39.2 Å². The molecule has 63 heavy (non-hydrogen) atoms. The van der Waals surface area contributed by atoms with Gasteiger partial charge in [0.25, 0.3) is 0 Å². The van der Waals surface area contributed by atoms with Crippen molar-refractivity contribution in [2.24, 2.45) is 0 Å². The van der Waals surface area contributed by atoms with Gasteiger partial charge in [0.2, 0.25) is 23.6 Å². The lowest BCUT2D eigenvalue weighted by molar-refractivity contribution is -0.142. The van der Waals surface area contributed by atoms with Gasteiger partial charge in [0.1, 0.15) is 41.8 Å². The Kier molecular flexibility index (Phi) is 13.2. The molecular weight excluding hydrogens is 797 g/mol. The van der Waals surface area contributed by atoms with Crippen LogP contribution in [0.15, 0.2) is 116 Å². The Balaban J connectivity index is 0.000000177. The van der Waals surface area contributed by atoms with Crippen LogP contribution in [0.2, 0.25) is 0 Å². The van der Waals surface area contributed by atoms with Crippen LogP contribution in [0.4, 0.5) is 11.6 Å². The average Bonchev–Trinajstić information content (AvgIpc) is 3.85. The van der Waals surface area contributed by atoms with Gasteiger partial charge in [-0.3, -0.25) is 19.2 Å². The van der Waals surface area contributed by atoms with Gasteiger partial charge >= 0.3 is 0 Å². The average molecular weight is 851 g/mol. The smallest absolute Gasteiger partial charge is 0.245 e. The Hall–Kier alpha value is -6.96. The number of anilines is 2. The molecule has 0 spiro atoms. The number of aromatic nitrogens is 2. The number of carbonyl (C=O) groups excluding carboxylic acids is 4. The lowest BCUT2D eigenvalue weighted by Gasteiger charge is -2.37. The first-order valence-corrected chi connectivity index (χ1v) is 21.6. The molecule has 4 aliphatic rings. The number of piperazine rings is 2. The molecule has 0 radical (unpaired) electrons. The fourth-order valence-corrected chi connectivity index (χ4v) is 8.54. The van der Waals surface area contributed by atoms with Crippen molar-refractivity contribution in [3.05, 3.63) is 143 Å². The van der Waals surface area contributed by atoms with Gasteiger partial charge in [-0.1, -0.05) is 90.0 Å². The van der Waals surface area contributed by atoms with Gasteiger partial charge in [-0.05, 0) is 67.6 Å². The highest BCUT2D eigenvalue weighted by atomic mass is 16.5. The standard InChI is InChI=1S/C28H30N4O3.C21H24N4O3/c1-21-7-9-22(10-8-21)18-31-14-13-25(28(31)34)32-16-15-30(19-27(32)33)26-12-11-24(17-29-26)35-20-23-5-3-2-4-6-23;1-15-2-4-16(5-3-15)13-24-9-8-18(21(24)28)25-11-10-23(14-20(25)27)19-7-6-17(26)12-22-19/h2-12,17,25H,13-16,18-20H2,1H3;2-7,12,18,26H,8-11,13-14H2,1H3. The van der Waals surface area contributed by atoms with Crippen molar-refractivity contribution in [1.29, 1.82) is 0 Å². The second kappa shape index (κ2) is 19.4. The van der Waals surface area contributed by atoms with E-state index in [0.717, 1.165) is 22.5 Å². The fourth-order valence-electron chi connectivity index (χ4n) is 8.54. The predicted octanol–water partition coefficient (Wildman–Crippen LogP) is 4.96. The molecule has 0 aliphatic carbocycles. The summed E-state index contributed by atoms with van der Waals surface area (Å²) >= 11 is 0. The lowest BCUT2D eigenvalue weighted by atomic mass is 10.1.